The second-order valence-electron chi connectivity index (χ2n) is 5.73. The van der Waals surface area contributed by atoms with Gasteiger partial charge in [-0.2, -0.15) is 0 Å². The fourth-order valence-electron chi connectivity index (χ4n) is 2.99. The van der Waals surface area contributed by atoms with Crippen LogP contribution in [0.1, 0.15) is 38.5 Å². The number of ether oxygens (including phenoxy) is 1. The molecular weight excluding hydrogens is 200 g/mol. The SMILES string of the molecule is COCC1CCCN(CCC2(N)CCC2)C1. The molecule has 0 bridgehead atoms. The lowest BCUT2D eigenvalue weighted by Gasteiger charge is -2.41. The first-order chi connectivity index (χ1) is 7.72. The van der Waals surface area contributed by atoms with Crippen LogP contribution in [0.3, 0.4) is 0 Å². The fourth-order valence-corrected chi connectivity index (χ4v) is 2.99. The first-order valence-electron chi connectivity index (χ1n) is 6.72. The van der Waals surface area contributed by atoms with Crippen LogP contribution in [0.25, 0.3) is 0 Å². The van der Waals surface area contributed by atoms with Gasteiger partial charge in [0.05, 0.1) is 6.61 Å². The van der Waals surface area contributed by atoms with Gasteiger partial charge in [0, 0.05) is 19.2 Å². The summed E-state index contributed by atoms with van der Waals surface area (Å²) in [6.45, 7) is 4.58. The molecule has 0 aromatic carbocycles. The predicted molar refractivity (Wildman–Crippen MR) is 66.4 cm³/mol. The Morgan fingerprint density at radius 2 is 2.19 bits per heavy atom. The highest BCUT2D eigenvalue weighted by molar-refractivity contribution is 4.93. The largest absolute Gasteiger partial charge is 0.384 e. The second-order valence-corrected chi connectivity index (χ2v) is 5.73. The molecule has 1 atom stereocenters. The molecule has 0 aromatic heterocycles. The Balaban J connectivity index is 1.68. The van der Waals surface area contributed by atoms with Crippen molar-refractivity contribution in [3.05, 3.63) is 0 Å². The van der Waals surface area contributed by atoms with Crippen molar-refractivity contribution in [3.63, 3.8) is 0 Å². The summed E-state index contributed by atoms with van der Waals surface area (Å²) in [7, 11) is 1.81. The van der Waals surface area contributed by atoms with Gasteiger partial charge < -0.3 is 15.4 Å². The third kappa shape index (κ3) is 3.19. The van der Waals surface area contributed by atoms with Gasteiger partial charge in [0.15, 0.2) is 0 Å². The van der Waals surface area contributed by atoms with E-state index in [0.717, 1.165) is 12.5 Å². The zero-order valence-corrected chi connectivity index (χ0v) is 10.6. The lowest BCUT2D eigenvalue weighted by Crippen LogP contribution is -2.49. The highest BCUT2D eigenvalue weighted by Crippen LogP contribution is 2.32. The van der Waals surface area contributed by atoms with Crippen LogP contribution in [-0.2, 0) is 4.74 Å². The number of hydrogen-bond acceptors (Lipinski definition) is 3. The van der Waals surface area contributed by atoms with Gasteiger partial charge in [-0.25, -0.2) is 0 Å². The summed E-state index contributed by atoms with van der Waals surface area (Å²) in [4.78, 5) is 2.58. The lowest BCUT2D eigenvalue weighted by molar-refractivity contribution is 0.0818. The molecule has 16 heavy (non-hydrogen) atoms. The zero-order valence-electron chi connectivity index (χ0n) is 10.6. The maximum absolute atomic E-state index is 6.26. The summed E-state index contributed by atoms with van der Waals surface area (Å²) in [5.41, 5.74) is 6.45. The topological polar surface area (TPSA) is 38.5 Å². The van der Waals surface area contributed by atoms with Gasteiger partial charge in [0.2, 0.25) is 0 Å². The quantitative estimate of drug-likeness (QED) is 0.774. The van der Waals surface area contributed by atoms with Crippen LogP contribution in [-0.4, -0.2) is 43.8 Å². The Bertz CT molecular complexity index is 214. The van der Waals surface area contributed by atoms with E-state index < -0.39 is 0 Å². The fraction of sp³-hybridized carbons (Fsp3) is 1.00. The third-order valence-corrected chi connectivity index (χ3v) is 4.28. The summed E-state index contributed by atoms with van der Waals surface area (Å²) in [6.07, 6.45) is 7.66. The molecule has 2 N–H and O–H groups in total. The lowest BCUT2D eigenvalue weighted by atomic mass is 9.75. The van der Waals surface area contributed by atoms with E-state index >= 15 is 0 Å². The normalized spacial score (nSPS) is 30.0. The summed E-state index contributed by atoms with van der Waals surface area (Å²) < 4.78 is 5.26. The van der Waals surface area contributed by atoms with Gasteiger partial charge in [0.25, 0.3) is 0 Å². The molecule has 2 fully saturated rings. The van der Waals surface area contributed by atoms with E-state index in [1.54, 1.807) is 0 Å². The number of rotatable bonds is 5. The Morgan fingerprint density at radius 1 is 1.38 bits per heavy atom. The average Bonchev–Trinajstić information content (AvgIpc) is 2.25. The maximum atomic E-state index is 6.26. The van der Waals surface area contributed by atoms with E-state index in [9.17, 15) is 0 Å². The first kappa shape index (κ1) is 12.3. The molecule has 1 unspecified atom stereocenters. The van der Waals surface area contributed by atoms with Crippen LogP contribution in [0.2, 0.25) is 0 Å². The number of methoxy groups -OCH3 is 1. The zero-order chi connectivity index (χ0) is 11.4. The number of nitrogens with two attached hydrogens (primary N) is 1. The van der Waals surface area contributed by atoms with Crippen LogP contribution in [0, 0.1) is 5.92 Å². The Morgan fingerprint density at radius 3 is 2.81 bits per heavy atom. The van der Waals surface area contributed by atoms with Crippen molar-refractivity contribution in [3.8, 4) is 0 Å². The molecule has 0 amide bonds. The molecule has 1 aliphatic carbocycles. The van der Waals surface area contributed by atoms with Crippen LogP contribution in [0.4, 0.5) is 0 Å². The molecule has 1 saturated heterocycles. The highest BCUT2D eigenvalue weighted by atomic mass is 16.5. The standard InChI is InChI=1S/C13H26N2O/c1-16-11-12-4-2-8-15(10-12)9-7-13(14)5-3-6-13/h12H,2-11,14H2,1H3. The summed E-state index contributed by atoms with van der Waals surface area (Å²) in [6, 6.07) is 0. The monoisotopic (exact) mass is 226 g/mol. The van der Waals surface area contributed by atoms with Crippen molar-refractivity contribution < 1.29 is 4.74 Å². The number of likely N-dealkylation sites (tertiary alicyclic amines) is 1. The van der Waals surface area contributed by atoms with Crippen molar-refractivity contribution in [2.45, 2.75) is 44.1 Å². The van der Waals surface area contributed by atoms with Crippen LogP contribution < -0.4 is 5.73 Å². The van der Waals surface area contributed by atoms with E-state index in [-0.39, 0.29) is 5.54 Å². The minimum Gasteiger partial charge on any atom is -0.384 e. The van der Waals surface area contributed by atoms with Gasteiger partial charge >= 0.3 is 0 Å². The molecule has 3 heteroatoms. The van der Waals surface area contributed by atoms with Crippen molar-refractivity contribution >= 4 is 0 Å². The van der Waals surface area contributed by atoms with Crippen LogP contribution in [0.15, 0.2) is 0 Å². The molecule has 3 nitrogen and oxygen atoms in total. The molecule has 1 aliphatic heterocycles. The Labute approximate surface area is 99.3 Å². The van der Waals surface area contributed by atoms with E-state index in [1.165, 1.54) is 58.2 Å². The van der Waals surface area contributed by atoms with Crippen LogP contribution in [0.5, 0.6) is 0 Å². The van der Waals surface area contributed by atoms with Crippen LogP contribution >= 0.6 is 0 Å². The molecule has 1 heterocycles. The summed E-state index contributed by atoms with van der Waals surface area (Å²) in [5.74, 6) is 0.744. The Kier molecular flexibility index (Phi) is 4.22. The minimum absolute atomic E-state index is 0.189. The highest BCUT2D eigenvalue weighted by Gasteiger charge is 2.32. The van der Waals surface area contributed by atoms with Gasteiger partial charge in [-0.3, -0.25) is 0 Å². The molecular formula is C13H26N2O. The predicted octanol–water partition coefficient (Wildman–Crippen LogP) is 1.62. The molecule has 0 radical (unpaired) electrons. The van der Waals surface area contributed by atoms with Crippen molar-refractivity contribution in [2.24, 2.45) is 11.7 Å². The molecule has 2 rings (SSSR count). The number of nitrogens with zero attached hydrogens (tertiary/aromatic N) is 1. The number of hydrogen-bond donors (Lipinski definition) is 1. The third-order valence-electron chi connectivity index (χ3n) is 4.28. The van der Waals surface area contributed by atoms with Gasteiger partial charge in [0.1, 0.15) is 0 Å². The summed E-state index contributed by atoms with van der Waals surface area (Å²) >= 11 is 0. The molecule has 2 aliphatic rings. The van der Waals surface area contributed by atoms with Crippen molar-refractivity contribution in [1.29, 1.82) is 0 Å². The van der Waals surface area contributed by atoms with E-state index in [4.69, 9.17) is 10.5 Å². The maximum Gasteiger partial charge on any atom is 0.0502 e. The van der Waals surface area contributed by atoms with Gasteiger partial charge in [-0.15, -0.1) is 0 Å². The molecule has 0 spiro atoms. The molecule has 1 saturated carbocycles. The van der Waals surface area contributed by atoms with E-state index in [2.05, 4.69) is 4.90 Å². The average molecular weight is 226 g/mol. The molecule has 0 aromatic rings. The van der Waals surface area contributed by atoms with Crippen molar-refractivity contribution in [1.82, 2.24) is 4.90 Å². The van der Waals surface area contributed by atoms with E-state index in [0.29, 0.717) is 0 Å². The molecule has 94 valence electrons. The smallest absolute Gasteiger partial charge is 0.0502 e. The minimum atomic E-state index is 0.189. The number of piperidine rings is 1. The van der Waals surface area contributed by atoms with Gasteiger partial charge in [-0.05, 0) is 57.5 Å². The second kappa shape index (κ2) is 5.48. The summed E-state index contributed by atoms with van der Waals surface area (Å²) in [5, 5.41) is 0. The van der Waals surface area contributed by atoms with E-state index in [1.807, 2.05) is 7.11 Å². The Hall–Kier alpha value is -0.120. The van der Waals surface area contributed by atoms with Crippen molar-refractivity contribution in [2.75, 3.05) is 33.4 Å². The van der Waals surface area contributed by atoms with Gasteiger partial charge in [-0.1, -0.05) is 0 Å². The first-order valence-corrected chi connectivity index (χ1v) is 6.72.